The molecule has 2 N–H and O–H groups in total. The molecule has 0 spiro atoms. The summed E-state index contributed by atoms with van der Waals surface area (Å²) in [5.74, 6) is 0. The summed E-state index contributed by atoms with van der Waals surface area (Å²) in [4.78, 5) is 0. The van der Waals surface area contributed by atoms with Crippen LogP contribution in [-0.4, -0.2) is 37.8 Å². The van der Waals surface area contributed by atoms with Gasteiger partial charge in [0.05, 0.1) is 13.2 Å². The molecule has 5 nitrogen and oxygen atoms in total. The average molecular weight is 178 g/mol. The Bertz CT molecular complexity index is 98.9. The van der Waals surface area contributed by atoms with Gasteiger partial charge in [-0.05, 0) is 0 Å². The summed E-state index contributed by atoms with van der Waals surface area (Å²) in [6.45, 7) is -0.497. The topological polar surface area (TPSA) is 89.8 Å². The largest absolute Gasteiger partial charge is 1.00 e. The number of aliphatic hydroxyl groups excluding tert-OH is 2. The van der Waals surface area contributed by atoms with E-state index < -0.39 is 16.7 Å². The van der Waals surface area contributed by atoms with Crippen LogP contribution in [0.1, 0.15) is 0 Å². The molecule has 0 rings (SSSR count). The van der Waals surface area contributed by atoms with Crippen LogP contribution in [0.25, 0.3) is 0 Å². The van der Waals surface area contributed by atoms with E-state index in [-0.39, 0.29) is 42.8 Å². The molecule has 0 aromatic carbocycles. The molecule has 0 aromatic rings. The fourth-order valence-electron chi connectivity index (χ4n) is 0.209. The minimum atomic E-state index is -2.64. The van der Waals surface area contributed by atoms with Gasteiger partial charge in [-0.15, -0.1) is 0 Å². The Balaban J connectivity index is 0. The molecule has 2 unspecified atom stereocenters. The van der Waals surface area contributed by atoms with Crippen molar-refractivity contribution in [1.82, 2.24) is 0 Å². The molecule has 56 valence electrons. The van der Waals surface area contributed by atoms with E-state index in [4.69, 9.17) is 10.2 Å². The maximum absolute atomic E-state index is 9.75. The molecule has 0 radical (unpaired) electrons. The Hall–Kier alpha value is 0.990. The van der Waals surface area contributed by atoms with Crippen LogP contribution in [0.5, 0.6) is 0 Å². The molecule has 0 aliphatic rings. The minimum Gasteiger partial charge on any atom is -0.769 e. The van der Waals surface area contributed by atoms with E-state index in [0.29, 0.717) is 0 Å². The van der Waals surface area contributed by atoms with Crippen molar-refractivity contribution < 1.29 is 53.3 Å². The van der Waals surface area contributed by atoms with Gasteiger partial charge in [0.15, 0.2) is 0 Å². The first-order valence-electron chi connectivity index (χ1n) is 2.17. The first-order chi connectivity index (χ1) is 4.18. The van der Waals surface area contributed by atoms with E-state index in [1.54, 1.807) is 0 Å². The van der Waals surface area contributed by atoms with Crippen LogP contribution in [0.2, 0.25) is 0 Å². The maximum Gasteiger partial charge on any atom is 1.00 e. The van der Waals surface area contributed by atoms with Crippen LogP contribution in [-0.2, 0) is 15.8 Å². The second-order valence-corrected chi connectivity index (χ2v) is 2.09. The van der Waals surface area contributed by atoms with Gasteiger partial charge in [0.25, 0.3) is 0 Å². The number of hydrogen-bond acceptors (Lipinski definition) is 5. The molecule has 0 fully saturated rings. The molecule has 0 amide bonds. The number of ether oxygens (including phenoxy) is 1. The van der Waals surface area contributed by atoms with Crippen molar-refractivity contribution in [2.75, 3.05) is 13.2 Å². The van der Waals surface area contributed by atoms with E-state index in [2.05, 4.69) is 4.74 Å². The summed E-state index contributed by atoms with van der Waals surface area (Å²) in [5.41, 5.74) is -1.82. The second-order valence-electron chi connectivity index (χ2n) is 1.16. The predicted octanol–water partition coefficient (Wildman–Crippen LogP) is -4.85. The summed E-state index contributed by atoms with van der Waals surface area (Å²) in [5, 5.41) is 16.4. The van der Waals surface area contributed by atoms with Crippen molar-refractivity contribution in [3.8, 4) is 0 Å². The van der Waals surface area contributed by atoms with Crippen molar-refractivity contribution >= 4 is 11.1 Å². The normalized spacial score (nSPS) is 15.5. The minimum absolute atomic E-state index is 0. The van der Waals surface area contributed by atoms with Crippen LogP contribution in [0, 0.1) is 0 Å². The molecule has 2 atom stereocenters. The van der Waals surface area contributed by atoms with Crippen molar-refractivity contribution in [1.29, 1.82) is 0 Å². The van der Waals surface area contributed by atoms with Crippen LogP contribution >= 0.6 is 0 Å². The molecule has 0 aliphatic heterocycles. The molecule has 0 aromatic heterocycles. The van der Waals surface area contributed by atoms with Gasteiger partial charge >= 0.3 is 29.6 Å². The molecular formula is C3H7NaO5S. The van der Waals surface area contributed by atoms with E-state index >= 15 is 0 Å². The van der Waals surface area contributed by atoms with Crippen LogP contribution in [0.3, 0.4) is 0 Å². The standard InChI is InChI=1S/C3H8O5S.Na/c4-1-2-8-3(5)9(6)7;/h3-5H,1-2H2,(H,6,7);/q;+1/p-1. The number of hydrogen-bond donors (Lipinski definition) is 2. The van der Waals surface area contributed by atoms with Crippen molar-refractivity contribution in [3.05, 3.63) is 0 Å². The summed E-state index contributed by atoms with van der Waals surface area (Å²) >= 11 is -2.64. The second kappa shape index (κ2) is 8.09. The van der Waals surface area contributed by atoms with E-state index in [1.807, 2.05) is 0 Å². The Kier molecular flexibility index (Phi) is 11.0. The first kappa shape index (κ1) is 13.6. The Morgan fingerprint density at radius 3 is 2.50 bits per heavy atom. The monoisotopic (exact) mass is 178 g/mol. The van der Waals surface area contributed by atoms with Gasteiger partial charge in [0, 0.05) is 11.1 Å². The van der Waals surface area contributed by atoms with Gasteiger partial charge in [-0.1, -0.05) is 0 Å². The van der Waals surface area contributed by atoms with E-state index in [9.17, 15) is 8.76 Å². The van der Waals surface area contributed by atoms with Gasteiger partial charge < -0.3 is 19.5 Å². The number of rotatable bonds is 4. The zero-order valence-corrected chi connectivity index (χ0v) is 8.34. The number of aliphatic hydroxyl groups is 2. The molecule has 0 saturated heterocycles. The van der Waals surface area contributed by atoms with Gasteiger partial charge in [-0.3, -0.25) is 4.21 Å². The van der Waals surface area contributed by atoms with Crippen molar-refractivity contribution in [2.45, 2.75) is 5.62 Å². The molecular weight excluding hydrogens is 171 g/mol. The van der Waals surface area contributed by atoms with E-state index in [0.717, 1.165) is 0 Å². The van der Waals surface area contributed by atoms with Crippen molar-refractivity contribution in [2.24, 2.45) is 0 Å². The zero-order valence-electron chi connectivity index (χ0n) is 5.52. The summed E-state index contributed by atoms with van der Waals surface area (Å²) in [6.07, 6.45) is 0. The van der Waals surface area contributed by atoms with Gasteiger partial charge in [0.1, 0.15) is 0 Å². The molecule has 7 heteroatoms. The third-order valence-corrected chi connectivity index (χ3v) is 0.982. The third-order valence-electron chi connectivity index (χ3n) is 0.516. The third kappa shape index (κ3) is 7.10. The van der Waals surface area contributed by atoms with Crippen LogP contribution in [0.15, 0.2) is 0 Å². The van der Waals surface area contributed by atoms with Crippen molar-refractivity contribution in [3.63, 3.8) is 0 Å². The van der Waals surface area contributed by atoms with Gasteiger partial charge in [-0.2, -0.15) is 0 Å². The Labute approximate surface area is 83.0 Å². The van der Waals surface area contributed by atoms with Gasteiger partial charge in [-0.25, -0.2) is 0 Å². The Morgan fingerprint density at radius 1 is 1.70 bits per heavy atom. The molecule has 0 saturated carbocycles. The summed E-state index contributed by atoms with van der Waals surface area (Å²) in [6, 6.07) is 0. The fourth-order valence-corrected chi connectivity index (χ4v) is 0.416. The maximum atomic E-state index is 9.75. The fraction of sp³-hybridized carbons (Fsp3) is 1.00. The summed E-state index contributed by atoms with van der Waals surface area (Å²) in [7, 11) is 0. The Morgan fingerprint density at radius 2 is 2.20 bits per heavy atom. The SMILES string of the molecule is O=S([O-])C(O)OCCO.[Na+]. The average Bonchev–Trinajstić information content (AvgIpc) is 1.82. The summed E-state index contributed by atoms with van der Waals surface area (Å²) < 4.78 is 23.6. The first-order valence-corrected chi connectivity index (χ1v) is 3.31. The quantitative estimate of drug-likeness (QED) is 0.256. The molecule has 10 heavy (non-hydrogen) atoms. The van der Waals surface area contributed by atoms with Crippen LogP contribution < -0.4 is 29.6 Å². The zero-order chi connectivity index (χ0) is 7.28. The molecule has 0 bridgehead atoms. The van der Waals surface area contributed by atoms with Crippen LogP contribution in [0.4, 0.5) is 0 Å². The smallest absolute Gasteiger partial charge is 0.769 e. The molecule has 0 aliphatic carbocycles. The van der Waals surface area contributed by atoms with E-state index in [1.165, 1.54) is 0 Å². The predicted molar refractivity (Wildman–Crippen MR) is 28.0 cm³/mol. The molecule has 0 heterocycles. The van der Waals surface area contributed by atoms with Gasteiger partial charge in [0.2, 0.25) is 5.62 Å².